The maximum atomic E-state index is 11.6. The average molecular weight is 213 g/mol. The number of quaternary nitrogens is 1. The standard InChI is InChI=1S/C7H14Cl2N2O/c1-7(3-4-8)11(2,12)10-6-5-9/h10H,1,3-6H2,2H3. The van der Waals surface area contributed by atoms with E-state index in [1.807, 2.05) is 0 Å². The second-order valence-corrected chi connectivity index (χ2v) is 3.28. The second kappa shape index (κ2) is 5.78. The third kappa shape index (κ3) is 4.28. The molecule has 0 amide bonds. The molecule has 1 unspecified atom stereocenters. The lowest BCUT2D eigenvalue weighted by molar-refractivity contribution is -0.869. The smallest absolute Gasteiger partial charge is 0.122 e. The van der Waals surface area contributed by atoms with Crippen molar-refractivity contribution in [2.24, 2.45) is 0 Å². The average Bonchev–Trinajstić information content (AvgIpc) is 2.01. The Morgan fingerprint density at radius 3 is 2.50 bits per heavy atom. The zero-order chi connectivity index (χ0) is 9.61. The van der Waals surface area contributed by atoms with Gasteiger partial charge in [-0.1, -0.05) is 0 Å². The van der Waals surface area contributed by atoms with Crippen molar-refractivity contribution in [3.63, 3.8) is 0 Å². The Hall–Kier alpha value is 0.200. The molecule has 0 aliphatic heterocycles. The first kappa shape index (κ1) is 12.2. The van der Waals surface area contributed by atoms with Crippen molar-refractivity contribution in [2.45, 2.75) is 6.42 Å². The highest BCUT2D eigenvalue weighted by atomic mass is 35.5. The van der Waals surface area contributed by atoms with Gasteiger partial charge in [0.2, 0.25) is 0 Å². The molecule has 0 heterocycles. The van der Waals surface area contributed by atoms with Crippen LogP contribution in [0.4, 0.5) is 0 Å². The topological polar surface area (TPSA) is 35.1 Å². The number of hydrogen-bond acceptors (Lipinski definition) is 2. The van der Waals surface area contributed by atoms with Gasteiger partial charge in [-0.3, -0.25) is 4.76 Å². The van der Waals surface area contributed by atoms with Gasteiger partial charge in [0.05, 0.1) is 13.6 Å². The summed E-state index contributed by atoms with van der Waals surface area (Å²) < 4.78 is -0.667. The fourth-order valence-corrected chi connectivity index (χ4v) is 0.992. The van der Waals surface area contributed by atoms with Gasteiger partial charge in [-0.25, -0.2) is 0 Å². The van der Waals surface area contributed by atoms with Crippen LogP contribution < -0.4 is 5.43 Å². The Morgan fingerprint density at radius 1 is 1.50 bits per heavy atom. The maximum absolute atomic E-state index is 11.6. The van der Waals surface area contributed by atoms with Crippen LogP contribution in [-0.4, -0.2) is 30.1 Å². The first-order valence-electron chi connectivity index (χ1n) is 3.67. The SMILES string of the molecule is C=C(CCCl)[N+](C)([O-])NCCCl. The van der Waals surface area contributed by atoms with Gasteiger partial charge in [-0.05, 0) is 6.58 Å². The van der Waals surface area contributed by atoms with Crippen LogP contribution in [0, 0.1) is 5.21 Å². The van der Waals surface area contributed by atoms with Gasteiger partial charge in [-0.15, -0.1) is 23.2 Å². The molecule has 0 saturated carbocycles. The number of hydroxylamine groups is 2. The van der Waals surface area contributed by atoms with Crippen LogP contribution in [0.25, 0.3) is 0 Å². The van der Waals surface area contributed by atoms with Gasteiger partial charge in [0.15, 0.2) is 0 Å². The minimum atomic E-state index is -0.667. The summed E-state index contributed by atoms with van der Waals surface area (Å²) in [4.78, 5) is 0. The number of allylic oxidation sites excluding steroid dienone is 1. The molecule has 0 saturated heterocycles. The van der Waals surface area contributed by atoms with Crippen molar-refractivity contribution in [1.82, 2.24) is 5.43 Å². The molecule has 0 radical (unpaired) electrons. The number of nitrogens with one attached hydrogen (secondary N) is 1. The molecule has 3 nitrogen and oxygen atoms in total. The van der Waals surface area contributed by atoms with Crippen LogP contribution in [0.3, 0.4) is 0 Å². The Balaban J connectivity index is 3.90. The largest absolute Gasteiger partial charge is 0.607 e. The van der Waals surface area contributed by atoms with E-state index in [0.717, 1.165) is 0 Å². The number of nitrogens with zero attached hydrogens (tertiary/aromatic N) is 1. The molecule has 12 heavy (non-hydrogen) atoms. The molecule has 0 spiro atoms. The van der Waals surface area contributed by atoms with Crippen molar-refractivity contribution in [1.29, 1.82) is 0 Å². The highest BCUT2D eigenvalue weighted by Crippen LogP contribution is 2.11. The lowest BCUT2D eigenvalue weighted by Gasteiger charge is -2.38. The molecule has 72 valence electrons. The van der Waals surface area contributed by atoms with Gasteiger partial charge in [0, 0.05) is 18.2 Å². The van der Waals surface area contributed by atoms with E-state index in [9.17, 15) is 5.21 Å². The highest BCUT2D eigenvalue weighted by Gasteiger charge is 2.13. The summed E-state index contributed by atoms with van der Waals surface area (Å²) in [5.41, 5.74) is 3.19. The van der Waals surface area contributed by atoms with E-state index < -0.39 is 4.76 Å². The Kier molecular flexibility index (Phi) is 5.88. The zero-order valence-corrected chi connectivity index (χ0v) is 8.66. The molecule has 5 heteroatoms. The molecule has 1 atom stereocenters. The van der Waals surface area contributed by atoms with Crippen molar-refractivity contribution in [3.05, 3.63) is 17.5 Å². The van der Waals surface area contributed by atoms with Crippen LogP contribution in [-0.2, 0) is 0 Å². The summed E-state index contributed by atoms with van der Waals surface area (Å²) in [6.07, 6.45) is 0.511. The quantitative estimate of drug-likeness (QED) is 0.415. The van der Waals surface area contributed by atoms with Crippen LogP contribution in [0.5, 0.6) is 0 Å². The van der Waals surface area contributed by atoms with E-state index in [-0.39, 0.29) is 0 Å². The maximum Gasteiger partial charge on any atom is 0.122 e. The summed E-state index contributed by atoms with van der Waals surface area (Å²) in [6, 6.07) is 0. The monoisotopic (exact) mass is 212 g/mol. The fourth-order valence-electron chi connectivity index (χ4n) is 0.690. The fraction of sp³-hybridized carbons (Fsp3) is 0.714. The third-order valence-electron chi connectivity index (χ3n) is 1.49. The second-order valence-electron chi connectivity index (χ2n) is 2.53. The molecule has 0 aromatic carbocycles. The van der Waals surface area contributed by atoms with Gasteiger partial charge in [-0.2, -0.15) is 5.43 Å². The first-order chi connectivity index (χ1) is 5.54. The van der Waals surface area contributed by atoms with E-state index in [4.69, 9.17) is 23.2 Å². The van der Waals surface area contributed by atoms with Crippen molar-refractivity contribution in [3.8, 4) is 0 Å². The number of rotatable bonds is 6. The first-order valence-corrected chi connectivity index (χ1v) is 4.74. The van der Waals surface area contributed by atoms with E-state index in [1.165, 1.54) is 7.05 Å². The number of hydrogen-bond donors (Lipinski definition) is 1. The van der Waals surface area contributed by atoms with Crippen LogP contribution >= 0.6 is 23.2 Å². The summed E-state index contributed by atoms with van der Waals surface area (Å²) in [6.45, 7) is 4.10. The third-order valence-corrected chi connectivity index (χ3v) is 1.87. The number of halogens is 2. The molecule has 0 bridgehead atoms. The molecule has 0 rings (SSSR count). The zero-order valence-electron chi connectivity index (χ0n) is 7.15. The van der Waals surface area contributed by atoms with Crippen molar-refractivity contribution < 1.29 is 4.76 Å². The van der Waals surface area contributed by atoms with E-state index in [2.05, 4.69) is 12.0 Å². The predicted octanol–water partition coefficient (Wildman–Crippen LogP) is 1.82. The van der Waals surface area contributed by atoms with Gasteiger partial charge >= 0.3 is 0 Å². The molecule has 0 aliphatic carbocycles. The predicted molar refractivity (Wildman–Crippen MR) is 52.8 cm³/mol. The molecule has 1 N–H and O–H groups in total. The molecule has 0 aromatic heterocycles. The molecule has 0 aromatic rings. The molecule has 0 fully saturated rings. The van der Waals surface area contributed by atoms with Crippen LogP contribution in [0.2, 0.25) is 0 Å². The lowest BCUT2D eigenvalue weighted by atomic mass is 10.4. The summed E-state index contributed by atoms with van der Waals surface area (Å²) in [5.74, 6) is 0.821. The summed E-state index contributed by atoms with van der Waals surface area (Å²) in [5, 5.41) is 11.6. The highest BCUT2D eigenvalue weighted by molar-refractivity contribution is 6.18. The van der Waals surface area contributed by atoms with Gasteiger partial charge in [0.25, 0.3) is 0 Å². The molecular weight excluding hydrogens is 199 g/mol. The van der Waals surface area contributed by atoms with Gasteiger partial charge < -0.3 is 5.21 Å². The van der Waals surface area contributed by atoms with Crippen molar-refractivity contribution >= 4 is 23.2 Å². The minimum Gasteiger partial charge on any atom is -0.607 e. The van der Waals surface area contributed by atoms with Crippen LogP contribution in [0.1, 0.15) is 6.42 Å². The van der Waals surface area contributed by atoms with Crippen molar-refractivity contribution in [2.75, 3.05) is 25.4 Å². The van der Waals surface area contributed by atoms with Gasteiger partial charge in [0.1, 0.15) is 5.70 Å². The Morgan fingerprint density at radius 2 is 2.08 bits per heavy atom. The van der Waals surface area contributed by atoms with E-state index in [1.54, 1.807) is 0 Å². The summed E-state index contributed by atoms with van der Waals surface area (Å²) >= 11 is 10.9. The molecular formula is C7H14Cl2N2O. The van der Waals surface area contributed by atoms with E-state index >= 15 is 0 Å². The normalized spacial score (nSPS) is 15.7. The minimum absolute atomic E-state index is 0.407. The molecule has 0 aliphatic rings. The van der Waals surface area contributed by atoms with Crippen LogP contribution in [0.15, 0.2) is 12.3 Å². The number of alkyl halides is 2. The van der Waals surface area contributed by atoms with E-state index in [0.29, 0.717) is 30.4 Å². The Labute approximate surface area is 83.1 Å². The summed E-state index contributed by atoms with van der Waals surface area (Å²) in [7, 11) is 1.47. The lowest BCUT2D eigenvalue weighted by Crippen LogP contribution is -2.49. The Bertz CT molecular complexity index is 150.